The lowest BCUT2D eigenvalue weighted by Gasteiger charge is -2.40. The molecule has 38 heavy (non-hydrogen) atoms. The molecule has 0 spiro atoms. The number of rotatable bonds is 10. The molecule has 1 aliphatic heterocycles. The minimum absolute atomic E-state index is 0.0154. The number of aromatic nitrogens is 1. The van der Waals surface area contributed by atoms with Gasteiger partial charge in [-0.15, -0.1) is 0 Å². The predicted octanol–water partition coefficient (Wildman–Crippen LogP) is 3.71. The molecule has 0 aliphatic carbocycles. The fourth-order valence-electron chi connectivity index (χ4n) is 5.02. The summed E-state index contributed by atoms with van der Waals surface area (Å²) in [5, 5.41) is 12.8. The summed E-state index contributed by atoms with van der Waals surface area (Å²) in [7, 11) is 1.69. The molecule has 1 atom stereocenters. The Morgan fingerprint density at radius 2 is 1.87 bits per heavy atom. The predicted molar refractivity (Wildman–Crippen MR) is 152 cm³/mol. The molecule has 1 saturated heterocycles. The minimum atomic E-state index is -0.235. The molecule has 0 unspecified atom stereocenters. The Balaban J connectivity index is 1.49. The van der Waals surface area contributed by atoms with Crippen LogP contribution in [0.5, 0.6) is 0 Å². The maximum absolute atomic E-state index is 12.9. The Kier molecular flexibility index (Phi) is 10.7. The van der Waals surface area contributed by atoms with Gasteiger partial charge in [0.05, 0.1) is 11.3 Å². The van der Waals surface area contributed by atoms with Crippen LogP contribution in [0.15, 0.2) is 22.9 Å². The zero-order valence-corrected chi connectivity index (χ0v) is 24.3. The van der Waals surface area contributed by atoms with Crippen LogP contribution < -0.4 is 16.0 Å². The van der Waals surface area contributed by atoms with Crippen molar-refractivity contribution in [1.29, 1.82) is 0 Å². The van der Waals surface area contributed by atoms with E-state index >= 15 is 0 Å². The summed E-state index contributed by atoms with van der Waals surface area (Å²) >= 11 is 1.65. The van der Waals surface area contributed by atoms with Crippen molar-refractivity contribution in [3.8, 4) is 0 Å². The SMILES string of the molecule is CNC(=O)N(Cc1ccsc1)C1CCN([C@H](C)CCNC(=O)c2c(C)cc(C(=O)NC(C)C)nc2C)CC1. The van der Waals surface area contributed by atoms with E-state index in [0.717, 1.165) is 37.9 Å². The number of nitrogens with zero attached hydrogens (tertiary/aromatic N) is 3. The number of thiophene rings is 1. The monoisotopic (exact) mass is 542 g/mol. The third kappa shape index (κ3) is 7.77. The fourth-order valence-corrected chi connectivity index (χ4v) is 5.68. The molecule has 9 nitrogen and oxygen atoms in total. The highest BCUT2D eigenvalue weighted by atomic mass is 32.1. The first-order chi connectivity index (χ1) is 18.1. The van der Waals surface area contributed by atoms with Gasteiger partial charge in [-0.1, -0.05) is 0 Å². The summed E-state index contributed by atoms with van der Waals surface area (Å²) in [6, 6.07) is 4.25. The summed E-state index contributed by atoms with van der Waals surface area (Å²) in [6.45, 7) is 12.6. The first-order valence-corrected chi connectivity index (χ1v) is 14.4. The van der Waals surface area contributed by atoms with E-state index in [4.69, 9.17) is 0 Å². The first kappa shape index (κ1) is 29.6. The van der Waals surface area contributed by atoms with Crippen LogP contribution in [0.2, 0.25) is 0 Å². The Hall–Kier alpha value is -2.98. The summed E-state index contributed by atoms with van der Waals surface area (Å²) < 4.78 is 0. The van der Waals surface area contributed by atoms with Crippen LogP contribution in [0.3, 0.4) is 0 Å². The van der Waals surface area contributed by atoms with Crippen molar-refractivity contribution < 1.29 is 14.4 Å². The van der Waals surface area contributed by atoms with E-state index < -0.39 is 0 Å². The van der Waals surface area contributed by atoms with Gasteiger partial charge in [-0.2, -0.15) is 11.3 Å². The van der Waals surface area contributed by atoms with Crippen LogP contribution in [-0.2, 0) is 6.54 Å². The van der Waals surface area contributed by atoms with Crippen molar-refractivity contribution in [1.82, 2.24) is 30.7 Å². The smallest absolute Gasteiger partial charge is 0.317 e. The number of hydrogen-bond donors (Lipinski definition) is 3. The summed E-state index contributed by atoms with van der Waals surface area (Å²) in [6.07, 6.45) is 2.68. The summed E-state index contributed by atoms with van der Waals surface area (Å²) in [5.74, 6) is -0.399. The number of piperidine rings is 1. The quantitative estimate of drug-likeness (QED) is 0.424. The molecule has 10 heteroatoms. The van der Waals surface area contributed by atoms with Crippen molar-refractivity contribution in [2.24, 2.45) is 0 Å². The van der Waals surface area contributed by atoms with E-state index in [2.05, 4.69) is 44.2 Å². The average Bonchev–Trinajstić information content (AvgIpc) is 3.39. The number of pyridine rings is 1. The molecular weight excluding hydrogens is 500 g/mol. The molecule has 3 heterocycles. The topological polar surface area (TPSA) is 107 Å². The molecule has 0 radical (unpaired) electrons. The second-order valence-corrected chi connectivity index (χ2v) is 11.2. The van der Waals surface area contributed by atoms with Crippen molar-refractivity contribution >= 4 is 29.2 Å². The zero-order valence-electron chi connectivity index (χ0n) is 23.5. The maximum atomic E-state index is 12.9. The van der Waals surface area contributed by atoms with Crippen LogP contribution in [0.25, 0.3) is 0 Å². The Morgan fingerprint density at radius 3 is 2.45 bits per heavy atom. The van der Waals surface area contributed by atoms with Crippen molar-refractivity contribution in [3.63, 3.8) is 0 Å². The molecule has 208 valence electrons. The summed E-state index contributed by atoms with van der Waals surface area (Å²) in [4.78, 5) is 46.6. The maximum Gasteiger partial charge on any atom is 0.317 e. The molecule has 4 amide bonds. The van der Waals surface area contributed by atoms with Crippen LogP contribution in [0.4, 0.5) is 4.79 Å². The van der Waals surface area contributed by atoms with E-state index in [1.807, 2.05) is 31.1 Å². The molecular formula is C28H42N6O3S. The van der Waals surface area contributed by atoms with E-state index in [0.29, 0.717) is 36.1 Å². The van der Waals surface area contributed by atoms with Gasteiger partial charge >= 0.3 is 6.03 Å². The molecule has 3 N–H and O–H groups in total. The lowest BCUT2D eigenvalue weighted by Crippen LogP contribution is -2.51. The highest BCUT2D eigenvalue weighted by Crippen LogP contribution is 2.22. The highest BCUT2D eigenvalue weighted by molar-refractivity contribution is 7.07. The molecule has 1 aliphatic rings. The second-order valence-electron chi connectivity index (χ2n) is 10.4. The number of amides is 4. The Morgan fingerprint density at radius 1 is 1.16 bits per heavy atom. The molecule has 0 aromatic carbocycles. The fraction of sp³-hybridized carbons (Fsp3) is 0.571. The van der Waals surface area contributed by atoms with Crippen molar-refractivity contribution in [2.45, 2.75) is 78.6 Å². The number of hydrogen-bond acceptors (Lipinski definition) is 6. The largest absolute Gasteiger partial charge is 0.352 e. The number of likely N-dealkylation sites (tertiary alicyclic amines) is 1. The summed E-state index contributed by atoms with van der Waals surface area (Å²) in [5.41, 5.74) is 3.31. The van der Waals surface area contributed by atoms with Gasteiger partial charge in [-0.3, -0.25) is 9.59 Å². The number of aryl methyl sites for hydroxylation is 2. The molecule has 2 aromatic rings. The number of urea groups is 1. The highest BCUT2D eigenvalue weighted by Gasteiger charge is 2.29. The molecule has 3 rings (SSSR count). The molecule has 0 saturated carbocycles. The Bertz CT molecular complexity index is 1070. The molecule has 1 fully saturated rings. The van der Waals surface area contributed by atoms with Crippen LogP contribution >= 0.6 is 11.3 Å². The van der Waals surface area contributed by atoms with Gasteiger partial charge in [-0.05, 0) is 87.9 Å². The zero-order chi connectivity index (χ0) is 27.8. The van der Waals surface area contributed by atoms with Crippen molar-refractivity contribution in [3.05, 3.63) is 51.0 Å². The average molecular weight is 543 g/mol. The van der Waals surface area contributed by atoms with Gasteiger partial charge in [0, 0.05) is 51.4 Å². The van der Waals surface area contributed by atoms with Gasteiger partial charge < -0.3 is 25.8 Å². The van der Waals surface area contributed by atoms with Gasteiger partial charge in [-0.25, -0.2) is 9.78 Å². The number of carbonyl (C=O) groups excluding carboxylic acids is 3. The molecule has 0 bridgehead atoms. The first-order valence-electron chi connectivity index (χ1n) is 13.4. The van der Waals surface area contributed by atoms with E-state index in [1.165, 1.54) is 5.56 Å². The lowest BCUT2D eigenvalue weighted by atomic mass is 10.0. The number of carbonyl (C=O) groups is 3. The van der Waals surface area contributed by atoms with Crippen LogP contribution in [-0.4, -0.2) is 77.4 Å². The third-order valence-corrected chi connectivity index (χ3v) is 7.83. The van der Waals surface area contributed by atoms with Gasteiger partial charge in [0.25, 0.3) is 11.8 Å². The van der Waals surface area contributed by atoms with Crippen LogP contribution in [0, 0.1) is 13.8 Å². The van der Waals surface area contributed by atoms with Crippen LogP contribution in [0.1, 0.15) is 77.7 Å². The minimum Gasteiger partial charge on any atom is -0.352 e. The second kappa shape index (κ2) is 13.7. The Labute approximate surface area is 230 Å². The van der Waals surface area contributed by atoms with E-state index in [9.17, 15) is 14.4 Å². The van der Waals surface area contributed by atoms with E-state index in [-0.39, 0.29) is 29.9 Å². The van der Waals surface area contributed by atoms with Gasteiger partial charge in [0.15, 0.2) is 0 Å². The molecule has 2 aromatic heterocycles. The third-order valence-electron chi connectivity index (χ3n) is 7.10. The van der Waals surface area contributed by atoms with Gasteiger partial charge in [0.1, 0.15) is 5.69 Å². The lowest BCUT2D eigenvalue weighted by molar-refractivity contribution is 0.0901. The standard InChI is InChI=1S/C28H42N6O3S/c1-18(2)31-26(35)24-15-19(3)25(21(5)32-24)27(36)30-11-7-20(4)33-12-8-23(9-13-33)34(28(37)29-6)16-22-10-14-38-17-22/h10,14-15,17-18,20,23H,7-9,11-13,16H2,1-6H3,(H,29,37)(H,30,36)(H,31,35)/t20-/m1/s1. The van der Waals surface area contributed by atoms with Crippen molar-refractivity contribution in [2.75, 3.05) is 26.7 Å². The number of nitrogens with one attached hydrogen (secondary N) is 3. The normalized spacial score (nSPS) is 15.2. The van der Waals surface area contributed by atoms with Gasteiger partial charge in [0.2, 0.25) is 0 Å². The van der Waals surface area contributed by atoms with E-state index in [1.54, 1.807) is 31.4 Å².